The van der Waals surface area contributed by atoms with Crippen molar-refractivity contribution in [2.75, 3.05) is 13.1 Å². The highest BCUT2D eigenvalue weighted by molar-refractivity contribution is 5.93. The molecule has 3 aromatic rings. The lowest BCUT2D eigenvalue weighted by Crippen LogP contribution is -2.54. The number of hydrogen-bond donors (Lipinski definition) is 6. The lowest BCUT2D eigenvalue weighted by atomic mass is 10.0. The Morgan fingerprint density at radius 2 is 1.82 bits per heavy atom. The monoisotopic (exact) mass is 521 g/mol. The van der Waals surface area contributed by atoms with Crippen LogP contribution >= 0.6 is 0 Å². The van der Waals surface area contributed by atoms with E-state index in [1.54, 1.807) is 18.3 Å². The van der Waals surface area contributed by atoms with Crippen LogP contribution in [0.4, 0.5) is 0 Å². The predicted molar refractivity (Wildman–Crippen MR) is 139 cm³/mol. The third kappa shape index (κ3) is 6.30. The Morgan fingerprint density at radius 1 is 1.08 bits per heavy atom. The van der Waals surface area contributed by atoms with Gasteiger partial charge in [0.25, 0.3) is 0 Å². The summed E-state index contributed by atoms with van der Waals surface area (Å²) >= 11 is 0. The number of aliphatic carboxylic acids is 1. The van der Waals surface area contributed by atoms with Gasteiger partial charge in [-0.3, -0.25) is 14.4 Å². The molecule has 11 heteroatoms. The first-order valence-electron chi connectivity index (χ1n) is 12.4. The Morgan fingerprint density at radius 3 is 2.55 bits per heavy atom. The van der Waals surface area contributed by atoms with Gasteiger partial charge in [0.05, 0.1) is 12.6 Å². The number of aromatic hydroxyl groups is 1. The Hall–Kier alpha value is -4.38. The number of likely N-dealkylation sites (tertiary alicyclic amines) is 1. The van der Waals surface area contributed by atoms with Crippen LogP contribution in [-0.4, -0.2) is 75.0 Å². The van der Waals surface area contributed by atoms with Gasteiger partial charge >= 0.3 is 5.97 Å². The molecule has 2 heterocycles. The molecule has 200 valence electrons. The number of hydrogen-bond acceptors (Lipinski definition) is 6. The Balaban J connectivity index is 1.38. The van der Waals surface area contributed by atoms with Gasteiger partial charge in [0.1, 0.15) is 17.8 Å². The van der Waals surface area contributed by atoms with Crippen molar-refractivity contribution in [2.24, 2.45) is 5.73 Å². The molecule has 3 atom stereocenters. The third-order valence-electron chi connectivity index (χ3n) is 6.71. The normalized spacial score (nSPS) is 16.7. The van der Waals surface area contributed by atoms with Gasteiger partial charge in [0.2, 0.25) is 17.7 Å². The molecule has 3 unspecified atom stereocenters. The Kier molecular flexibility index (Phi) is 8.27. The number of fused-ring (bicyclic) bond motifs is 1. The molecular weight excluding hydrogens is 490 g/mol. The fourth-order valence-electron chi connectivity index (χ4n) is 4.73. The van der Waals surface area contributed by atoms with Gasteiger partial charge < -0.3 is 36.5 Å². The molecule has 0 bridgehead atoms. The van der Waals surface area contributed by atoms with Crippen molar-refractivity contribution >= 4 is 34.6 Å². The summed E-state index contributed by atoms with van der Waals surface area (Å²) in [6.45, 7) is -0.126. The molecular formula is C27H31N5O6. The number of H-pyrrole nitrogens is 1. The van der Waals surface area contributed by atoms with Crippen LogP contribution in [0.25, 0.3) is 10.9 Å². The lowest BCUT2D eigenvalue weighted by molar-refractivity contribution is -0.149. The van der Waals surface area contributed by atoms with Crippen molar-refractivity contribution in [1.29, 1.82) is 0 Å². The number of phenolic OH excluding ortho intramolecular Hbond substituents is 1. The number of rotatable bonds is 10. The molecule has 2 aromatic carbocycles. The van der Waals surface area contributed by atoms with Gasteiger partial charge in [-0.25, -0.2) is 4.79 Å². The van der Waals surface area contributed by atoms with Crippen molar-refractivity contribution in [3.05, 3.63) is 65.9 Å². The third-order valence-corrected chi connectivity index (χ3v) is 6.71. The molecule has 1 aliphatic heterocycles. The minimum absolute atomic E-state index is 0.0535. The Bertz CT molecular complexity index is 1320. The number of carbonyl (C=O) groups is 4. The molecule has 11 nitrogen and oxygen atoms in total. The van der Waals surface area contributed by atoms with E-state index in [1.165, 1.54) is 17.0 Å². The zero-order valence-electron chi connectivity index (χ0n) is 20.7. The standard InChI is InChI=1S/C27H31N5O6/c28-20(13-17-14-29-21-5-2-1-4-19(17)21)25(35)30-15-24(34)31-22(12-16-7-9-18(33)10-8-16)26(36)32-11-3-6-23(32)27(37)38/h1-2,4-5,7-10,14,20,22-23,29,33H,3,6,11-13,15,28H2,(H,30,35)(H,31,34)(H,37,38). The van der Waals surface area contributed by atoms with Crippen LogP contribution in [-0.2, 0) is 32.0 Å². The average Bonchev–Trinajstić information content (AvgIpc) is 3.56. The number of carboxylic acid groups (broad SMARTS) is 1. The van der Waals surface area contributed by atoms with Gasteiger partial charge in [0.15, 0.2) is 0 Å². The maximum atomic E-state index is 13.3. The van der Waals surface area contributed by atoms with Crippen LogP contribution in [0.3, 0.4) is 0 Å². The minimum Gasteiger partial charge on any atom is -0.508 e. The molecule has 1 fully saturated rings. The second-order valence-corrected chi connectivity index (χ2v) is 9.41. The molecule has 4 rings (SSSR count). The molecule has 1 aliphatic rings. The highest BCUT2D eigenvalue weighted by atomic mass is 16.4. The molecule has 3 amide bonds. The van der Waals surface area contributed by atoms with E-state index in [0.29, 0.717) is 18.4 Å². The number of nitrogens with zero attached hydrogens (tertiary/aromatic N) is 1. The van der Waals surface area contributed by atoms with Crippen molar-refractivity contribution in [2.45, 2.75) is 43.8 Å². The number of nitrogens with one attached hydrogen (secondary N) is 3. The SMILES string of the molecule is NC(Cc1c[nH]c2ccccc12)C(=O)NCC(=O)NC(Cc1ccc(O)cc1)C(=O)N1CCCC1C(=O)O. The van der Waals surface area contributed by atoms with Gasteiger partial charge in [-0.1, -0.05) is 30.3 Å². The molecule has 0 radical (unpaired) electrons. The number of para-hydroxylation sites is 1. The van der Waals surface area contributed by atoms with Crippen LogP contribution in [0, 0.1) is 0 Å². The van der Waals surface area contributed by atoms with Gasteiger partial charge in [-0.2, -0.15) is 0 Å². The van der Waals surface area contributed by atoms with E-state index < -0.39 is 48.4 Å². The van der Waals surface area contributed by atoms with Crippen LogP contribution in [0.5, 0.6) is 5.75 Å². The van der Waals surface area contributed by atoms with Crippen molar-refractivity contribution in [1.82, 2.24) is 20.5 Å². The maximum absolute atomic E-state index is 13.3. The van der Waals surface area contributed by atoms with Gasteiger partial charge in [-0.05, 0) is 48.6 Å². The summed E-state index contributed by atoms with van der Waals surface area (Å²) in [5.41, 5.74) is 8.56. The van der Waals surface area contributed by atoms with E-state index in [4.69, 9.17) is 5.73 Å². The minimum atomic E-state index is -1.10. The second kappa shape index (κ2) is 11.8. The summed E-state index contributed by atoms with van der Waals surface area (Å²) in [7, 11) is 0. The van der Waals surface area contributed by atoms with Gasteiger partial charge in [-0.15, -0.1) is 0 Å². The fraction of sp³-hybridized carbons (Fsp3) is 0.333. The molecule has 1 saturated heterocycles. The number of benzene rings is 2. The quantitative estimate of drug-likeness (QED) is 0.227. The molecule has 0 aliphatic carbocycles. The topological polar surface area (TPSA) is 178 Å². The zero-order valence-corrected chi connectivity index (χ0v) is 20.7. The summed E-state index contributed by atoms with van der Waals surface area (Å²) in [4.78, 5) is 54.6. The van der Waals surface area contributed by atoms with Crippen LogP contribution in [0.1, 0.15) is 24.0 Å². The molecule has 7 N–H and O–H groups in total. The first-order chi connectivity index (χ1) is 18.2. The van der Waals surface area contributed by atoms with E-state index in [0.717, 1.165) is 16.5 Å². The first-order valence-corrected chi connectivity index (χ1v) is 12.4. The summed E-state index contributed by atoms with van der Waals surface area (Å²) in [6.07, 6.45) is 3.04. The maximum Gasteiger partial charge on any atom is 0.326 e. The number of carboxylic acids is 1. The largest absolute Gasteiger partial charge is 0.508 e. The van der Waals surface area contributed by atoms with E-state index in [2.05, 4.69) is 15.6 Å². The smallest absolute Gasteiger partial charge is 0.326 e. The number of carbonyl (C=O) groups excluding carboxylic acids is 3. The summed E-state index contributed by atoms with van der Waals surface area (Å²) in [5.74, 6) is -2.68. The number of aromatic amines is 1. The van der Waals surface area contributed by atoms with Crippen molar-refractivity contribution in [3.63, 3.8) is 0 Å². The van der Waals surface area contributed by atoms with Crippen LogP contribution in [0.15, 0.2) is 54.7 Å². The van der Waals surface area contributed by atoms with Crippen LogP contribution < -0.4 is 16.4 Å². The lowest BCUT2D eigenvalue weighted by Gasteiger charge is -2.27. The van der Waals surface area contributed by atoms with Crippen molar-refractivity contribution in [3.8, 4) is 5.75 Å². The van der Waals surface area contributed by atoms with E-state index in [-0.39, 0.29) is 25.1 Å². The molecule has 38 heavy (non-hydrogen) atoms. The number of aromatic nitrogens is 1. The average molecular weight is 522 g/mol. The van der Waals surface area contributed by atoms with E-state index >= 15 is 0 Å². The molecule has 0 spiro atoms. The highest BCUT2D eigenvalue weighted by Crippen LogP contribution is 2.21. The number of phenols is 1. The number of nitrogens with two attached hydrogens (primary N) is 1. The van der Waals surface area contributed by atoms with E-state index in [1.807, 2.05) is 24.3 Å². The fourth-order valence-corrected chi connectivity index (χ4v) is 4.73. The van der Waals surface area contributed by atoms with Crippen LogP contribution in [0.2, 0.25) is 0 Å². The predicted octanol–water partition coefficient (Wildman–Crippen LogP) is 0.663. The first kappa shape index (κ1) is 26.7. The van der Waals surface area contributed by atoms with E-state index in [9.17, 15) is 29.4 Å². The second-order valence-electron chi connectivity index (χ2n) is 9.41. The Labute approximate surface area is 219 Å². The van der Waals surface area contributed by atoms with Gasteiger partial charge in [0, 0.05) is 30.1 Å². The van der Waals surface area contributed by atoms with Crippen molar-refractivity contribution < 1.29 is 29.4 Å². The summed E-state index contributed by atoms with van der Waals surface area (Å²) < 4.78 is 0. The highest BCUT2D eigenvalue weighted by Gasteiger charge is 2.37. The zero-order chi connectivity index (χ0) is 27.2. The summed E-state index contributed by atoms with van der Waals surface area (Å²) in [5, 5.41) is 25.2. The molecule has 0 saturated carbocycles. The summed E-state index contributed by atoms with van der Waals surface area (Å²) in [6, 6.07) is 10.9. The molecule has 1 aromatic heterocycles. The number of amides is 3.